The number of tetrazole rings is 1. The number of nitrogens with zero attached hydrogens (tertiary/aromatic N) is 7. The number of unbranched alkanes of at least 4 members (excludes halogenated alkanes) is 1. The number of H-pyrrole nitrogens is 1. The van der Waals surface area contributed by atoms with Crippen molar-refractivity contribution in [1.29, 1.82) is 0 Å². The summed E-state index contributed by atoms with van der Waals surface area (Å²) in [5.41, 5.74) is 3.44. The third kappa shape index (κ3) is 5.27. The second-order valence-corrected chi connectivity index (χ2v) is 10.7. The molecule has 1 fully saturated rings. The highest BCUT2D eigenvalue weighted by molar-refractivity contribution is 5.80. The second kappa shape index (κ2) is 11.6. The Balaban J connectivity index is 1.43. The largest absolute Gasteiger partial charge is 0.468 e. The molecule has 216 valence electrons. The van der Waals surface area contributed by atoms with Crippen molar-refractivity contribution in [3.63, 3.8) is 0 Å². The molecule has 12 heteroatoms. The molecule has 1 aliphatic rings. The zero-order chi connectivity index (χ0) is 29.2. The Morgan fingerprint density at radius 2 is 1.79 bits per heavy atom. The number of methoxy groups -OCH3 is 1. The van der Waals surface area contributed by atoms with Crippen LogP contribution in [0.3, 0.4) is 0 Å². The van der Waals surface area contributed by atoms with Crippen molar-refractivity contribution in [1.82, 2.24) is 39.3 Å². The number of nitrogens with one attached hydrogen (secondary N) is 1. The summed E-state index contributed by atoms with van der Waals surface area (Å²) in [5.74, 6) is 0.971. The molecule has 3 aromatic heterocycles. The minimum atomic E-state index is -0.652. The van der Waals surface area contributed by atoms with Gasteiger partial charge in [-0.3, -0.25) is 14.2 Å². The predicted octanol–water partition coefficient (Wildman–Crippen LogP) is 3.18. The number of hydrogen-bond donors (Lipinski definition) is 1. The van der Waals surface area contributed by atoms with E-state index in [0.29, 0.717) is 42.4 Å². The summed E-state index contributed by atoms with van der Waals surface area (Å²) in [4.78, 5) is 44.3. The summed E-state index contributed by atoms with van der Waals surface area (Å²) in [6.45, 7) is 2.51. The molecule has 1 N–H and O–H groups in total. The Hall–Kier alpha value is -4.87. The molecule has 0 unspecified atom stereocenters. The standard InChI is InChI=1S/C30H32N8O4/c1-3-4-9-24-31-28-26(29(40)38(18-25(39)42-2)30(41)37(28)17-19-10-11-19)36(24)16-20-12-14-21(15-13-20)22-7-5-6-8-23(22)27-32-34-35-33-27/h5-8,12-15,19H,3-4,9-11,16-18H2,1-2H3,(H,32,33,34,35). The number of carbonyl (C=O) groups is 1. The summed E-state index contributed by atoms with van der Waals surface area (Å²) in [6.07, 6.45) is 4.55. The molecule has 1 saturated carbocycles. The van der Waals surface area contributed by atoms with Gasteiger partial charge in [-0.1, -0.05) is 61.9 Å². The van der Waals surface area contributed by atoms with E-state index in [1.165, 1.54) is 7.11 Å². The van der Waals surface area contributed by atoms with Crippen LogP contribution >= 0.6 is 0 Å². The molecule has 42 heavy (non-hydrogen) atoms. The molecule has 0 saturated heterocycles. The molecule has 0 bridgehead atoms. The van der Waals surface area contributed by atoms with Crippen LogP contribution in [-0.2, 0) is 35.6 Å². The zero-order valence-corrected chi connectivity index (χ0v) is 23.6. The maximum atomic E-state index is 13.8. The third-order valence-electron chi connectivity index (χ3n) is 7.72. The first-order valence-corrected chi connectivity index (χ1v) is 14.2. The Bertz CT molecular complexity index is 1850. The van der Waals surface area contributed by atoms with Gasteiger partial charge in [0.05, 0.1) is 7.11 Å². The molecule has 0 amide bonds. The second-order valence-electron chi connectivity index (χ2n) is 10.7. The molecular weight excluding hydrogens is 536 g/mol. The Kier molecular flexibility index (Phi) is 7.51. The van der Waals surface area contributed by atoms with Gasteiger partial charge in [-0.15, -0.1) is 10.2 Å². The quantitative estimate of drug-likeness (QED) is 0.239. The summed E-state index contributed by atoms with van der Waals surface area (Å²) >= 11 is 0. The molecule has 2 aromatic carbocycles. The molecule has 3 heterocycles. The maximum absolute atomic E-state index is 13.8. The number of aromatic nitrogens is 8. The maximum Gasteiger partial charge on any atom is 0.333 e. The first-order valence-electron chi connectivity index (χ1n) is 14.2. The number of fused-ring (bicyclic) bond motifs is 1. The predicted molar refractivity (Wildman–Crippen MR) is 156 cm³/mol. The lowest BCUT2D eigenvalue weighted by Gasteiger charge is -2.13. The SMILES string of the molecule is CCCCc1nc2c(c(=O)n(CC(=O)OC)c(=O)n2CC2CC2)n1Cc1ccc(-c2ccccc2-c2nn[nH]n2)cc1. The molecule has 12 nitrogen and oxygen atoms in total. The monoisotopic (exact) mass is 568 g/mol. The van der Waals surface area contributed by atoms with Crippen LogP contribution in [0.1, 0.15) is 44.0 Å². The number of aryl methyl sites for hydroxylation is 1. The van der Waals surface area contributed by atoms with Crippen LogP contribution in [0.4, 0.5) is 0 Å². The number of esters is 1. The lowest BCUT2D eigenvalue weighted by molar-refractivity contribution is -0.141. The topological polar surface area (TPSA) is 143 Å². The minimum absolute atomic E-state index is 0.330. The lowest BCUT2D eigenvalue weighted by Crippen LogP contribution is -2.42. The van der Waals surface area contributed by atoms with Crippen molar-refractivity contribution in [2.24, 2.45) is 5.92 Å². The molecule has 0 spiro atoms. The Labute approximate surface area is 241 Å². The van der Waals surface area contributed by atoms with Gasteiger partial charge in [-0.05, 0) is 47.1 Å². The highest BCUT2D eigenvalue weighted by atomic mass is 16.5. The number of ether oxygens (including phenoxy) is 1. The summed E-state index contributed by atoms with van der Waals surface area (Å²) < 4.78 is 9.25. The van der Waals surface area contributed by atoms with Gasteiger partial charge < -0.3 is 9.30 Å². The van der Waals surface area contributed by atoms with Gasteiger partial charge in [0, 0.05) is 25.1 Å². The van der Waals surface area contributed by atoms with Crippen molar-refractivity contribution in [2.75, 3.05) is 7.11 Å². The minimum Gasteiger partial charge on any atom is -0.468 e. The number of benzene rings is 2. The fourth-order valence-electron chi connectivity index (χ4n) is 5.27. The number of carbonyl (C=O) groups excluding carboxylic acids is 1. The van der Waals surface area contributed by atoms with Gasteiger partial charge in [0.1, 0.15) is 12.4 Å². The van der Waals surface area contributed by atoms with Crippen molar-refractivity contribution in [2.45, 2.75) is 58.7 Å². The highest BCUT2D eigenvalue weighted by Gasteiger charge is 2.28. The van der Waals surface area contributed by atoms with Gasteiger partial charge in [0.2, 0.25) is 5.82 Å². The van der Waals surface area contributed by atoms with Crippen LogP contribution in [0.5, 0.6) is 0 Å². The molecule has 0 atom stereocenters. The normalized spacial score (nSPS) is 13.1. The number of imidazole rings is 1. The van der Waals surface area contributed by atoms with Gasteiger partial charge in [0.25, 0.3) is 5.56 Å². The average molecular weight is 569 g/mol. The van der Waals surface area contributed by atoms with Crippen LogP contribution in [-0.4, -0.2) is 52.4 Å². The fourth-order valence-corrected chi connectivity index (χ4v) is 5.27. The van der Waals surface area contributed by atoms with Crippen molar-refractivity contribution in [3.05, 3.63) is 80.8 Å². The van der Waals surface area contributed by atoms with Crippen molar-refractivity contribution in [3.8, 4) is 22.5 Å². The molecule has 5 aromatic rings. The molecule has 0 radical (unpaired) electrons. The lowest BCUT2D eigenvalue weighted by atomic mass is 9.98. The summed E-state index contributed by atoms with van der Waals surface area (Å²) in [7, 11) is 1.24. The molecule has 6 rings (SSSR count). The van der Waals surface area contributed by atoms with E-state index in [4.69, 9.17) is 9.72 Å². The van der Waals surface area contributed by atoms with Crippen molar-refractivity contribution < 1.29 is 9.53 Å². The number of aromatic amines is 1. The van der Waals surface area contributed by atoms with E-state index in [1.54, 1.807) is 4.57 Å². The van der Waals surface area contributed by atoms with E-state index in [2.05, 4.69) is 27.5 Å². The Morgan fingerprint density at radius 1 is 1.02 bits per heavy atom. The van der Waals surface area contributed by atoms with E-state index < -0.39 is 23.8 Å². The van der Waals surface area contributed by atoms with Crippen LogP contribution < -0.4 is 11.2 Å². The Morgan fingerprint density at radius 3 is 2.45 bits per heavy atom. The van der Waals surface area contributed by atoms with Gasteiger partial charge in [-0.25, -0.2) is 14.3 Å². The highest BCUT2D eigenvalue weighted by Crippen LogP contribution is 2.32. The smallest absolute Gasteiger partial charge is 0.333 e. The first-order chi connectivity index (χ1) is 20.5. The summed E-state index contributed by atoms with van der Waals surface area (Å²) in [5, 5.41) is 14.5. The van der Waals surface area contributed by atoms with Crippen LogP contribution in [0, 0.1) is 5.92 Å². The van der Waals surface area contributed by atoms with E-state index >= 15 is 0 Å². The van der Waals surface area contributed by atoms with Gasteiger partial charge >= 0.3 is 11.7 Å². The zero-order valence-electron chi connectivity index (χ0n) is 23.6. The first kappa shape index (κ1) is 27.3. The van der Waals surface area contributed by atoms with Gasteiger partial charge in [-0.2, -0.15) is 5.21 Å². The van der Waals surface area contributed by atoms with Gasteiger partial charge in [0.15, 0.2) is 11.2 Å². The summed E-state index contributed by atoms with van der Waals surface area (Å²) in [6, 6.07) is 15.9. The van der Waals surface area contributed by atoms with E-state index in [9.17, 15) is 14.4 Å². The third-order valence-corrected chi connectivity index (χ3v) is 7.72. The van der Waals surface area contributed by atoms with E-state index in [1.807, 2.05) is 53.1 Å². The van der Waals surface area contributed by atoms with Crippen LogP contribution in [0.25, 0.3) is 33.7 Å². The van der Waals surface area contributed by atoms with Crippen LogP contribution in [0.2, 0.25) is 0 Å². The van der Waals surface area contributed by atoms with Crippen LogP contribution in [0.15, 0.2) is 58.1 Å². The van der Waals surface area contributed by atoms with E-state index in [-0.39, 0.29) is 0 Å². The molecular formula is C30H32N8O4. The number of rotatable bonds is 11. The molecule has 1 aliphatic carbocycles. The van der Waals surface area contributed by atoms with Crippen molar-refractivity contribution >= 4 is 17.1 Å². The number of hydrogen-bond acceptors (Lipinski definition) is 8. The van der Waals surface area contributed by atoms with E-state index in [0.717, 1.165) is 58.3 Å². The average Bonchev–Trinajstić information content (AvgIpc) is 3.52. The fraction of sp³-hybridized carbons (Fsp3) is 0.367. The molecule has 0 aliphatic heterocycles.